The number of carbonyl (C=O) groups is 2. The largest absolute Gasteiger partial charge is 0.394 e. The zero-order valence-electron chi connectivity index (χ0n) is 15.7. The molecule has 2 amide bonds. The van der Waals surface area contributed by atoms with Gasteiger partial charge in [0.2, 0.25) is 11.8 Å². The van der Waals surface area contributed by atoms with Crippen LogP contribution < -0.4 is 0 Å². The molecule has 28 heavy (non-hydrogen) atoms. The second-order valence-electron chi connectivity index (χ2n) is 7.22. The molecule has 146 valence electrons. The van der Waals surface area contributed by atoms with Crippen LogP contribution in [-0.4, -0.2) is 77.2 Å². The molecule has 1 aromatic carbocycles. The van der Waals surface area contributed by atoms with Gasteiger partial charge >= 0.3 is 0 Å². The Hall–Kier alpha value is -2.77. The second kappa shape index (κ2) is 7.69. The van der Waals surface area contributed by atoms with Crippen LogP contribution >= 0.6 is 0 Å². The number of ether oxygens (including phenoxy) is 1. The second-order valence-corrected chi connectivity index (χ2v) is 7.22. The topological polar surface area (TPSA) is 83.0 Å². The third-order valence-electron chi connectivity index (χ3n) is 5.66. The minimum Gasteiger partial charge on any atom is -0.394 e. The van der Waals surface area contributed by atoms with Gasteiger partial charge in [0.05, 0.1) is 25.2 Å². The number of fused-ring (bicyclic) bond motifs is 1. The normalized spacial score (nSPS) is 23.9. The molecule has 1 aromatic heterocycles. The van der Waals surface area contributed by atoms with Crippen molar-refractivity contribution < 1.29 is 19.4 Å². The maximum absolute atomic E-state index is 12.5. The van der Waals surface area contributed by atoms with Gasteiger partial charge in [0.15, 0.2) is 0 Å². The molecule has 0 spiro atoms. The average Bonchev–Trinajstić information content (AvgIpc) is 2.71. The van der Waals surface area contributed by atoms with Gasteiger partial charge in [0.25, 0.3) is 0 Å². The Morgan fingerprint density at radius 3 is 2.68 bits per heavy atom. The predicted molar refractivity (Wildman–Crippen MR) is 102 cm³/mol. The number of carbonyl (C=O) groups excluding carboxylic acids is 2. The van der Waals surface area contributed by atoms with E-state index >= 15 is 0 Å². The fraction of sp³-hybridized carbons (Fsp3) is 0.381. The monoisotopic (exact) mass is 381 g/mol. The third-order valence-corrected chi connectivity index (χ3v) is 5.66. The van der Waals surface area contributed by atoms with E-state index in [1.807, 2.05) is 42.6 Å². The summed E-state index contributed by atoms with van der Waals surface area (Å²) in [7, 11) is 1.47. The standard InChI is InChI=1S/C21H23N3O4/c1-28-13-20(27)23-10-17-21(18(12-25)24(17)19(26)11-23)15-6-4-14(5-7-15)16-3-2-8-22-9-16/h2-9,17-18,21,25H,10-13H2,1H3/t17-,18-,21+/m1/s1. The van der Waals surface area contributed by atoms with Crippen LogP contribution in [-0.2, 0) is 14.3 Å². The van der Waals surface area contributed by atoms with Gasteiger partial charge in [0.1, 0.15) is 6.61 Å². The molecule has 7 nitrogen and oxygen atoms in total. The number of aliphatic hydroxyl groups is 1. The fourth-order valence-corrected chi connectivity index (χ4v) is 4.34. The molecule has 4 rings (SSSR count). The number of amides is 2. The van der Waals surface area contributed by atoms with Crippen molar-refractivity contribution in [3.05, 3.63) is 54.4 Å². The summed E-state index contributed by atoms with van der Waals surface area (Å²) in [5, 5.41) is 9.86. The highest BCUT2D eigenvalue weighted by molar-refractivity contribution is 5.88. The summed E-state index contributed by atoms with van der Waals surface area (Å²) in [6.07, 6.45) is 3.55. The third kappa shape index (κ3) is 3.16. The minimum atomic E-state index is -0.249. The number of methoxy groups -OCH3 is 1. The maximum Gasteiger partial charge on any atom is 0.249 e. The summed E-state index contributed by atoms with van der Waals surface area (Å²) in [4.78, 5) is 32.2. The lowest BCUT2D eigenvalue weighted by molar-refractivity contribution is -0.168. The number of benzene rings is 1. The van der Waals surface area contributed by atoms with Crippen molar-refractivity contribution in [2.75, 3.05) is 33.4 Å². The highest BCUT2D eigenvalue weighted by atomic mass is 16.5. The Morgan fingerprint density at radius 2 is 2.04 bits per heavy atom. The van der Waals surface area contributed by atoms with Crippen LogP contribution in [0.5, 0.6) is 0 Å². The molecule has 3 atom stereocenters. The predicted octanol–water partition coefficient (Wildman–Crippen LogP) is 0.893. The SMILES string of the molecule is COCC(=O)N1CC(=O)N2[C@H](CO)[C@@H](c3ccc(-c4cccnc4)cc3)[C@H]2C1. The van der Waals surface area contributed by atoms with Gasteiger partial charge in [-0.15, -0.1) is 0 Å². The van der Waals surface area contributed by atoms with E-state index in [-0.39, 0.29) is 49.6 Å². The van der Waals surface area contributed by atoms with Crippen LogP contribution in [0, 0.1) is 0 Å². The van der Waals surface area contributed by atoms with E-state index in [0.29, 0.717) is 6.54 Å². The van der Waals surface area contributed by atoms with E-state index in [9.17, 15) is 14.7 Å². The lowest BCUT2D eigenvalue weighted by Crippen LogP contribution is -2.73. The van der Waals surface area contributed by atoms with Crippen LogP contribution in [0.2, 0.25) is 0 Å². The number of nitrogens with zero attached hydrogens (tertiary/aromatic N) is 3. The molecule has 0 aliphatic carbocycles. The molecule has 7 heteroatoms. The summed E-state index contributed by atoms with van der Waals surface area (Å²) >= 11 is 0. The first kappa shape index (κ1) is 18.6. The average molecular weight is 381 g/mol. The molecule has 0 unspecified atom stereocenters. The molecule has 2 aromatic rings. The minimum absolute atomic E-state index is 0.00459. The number of hydrogen-bond donors (Lipinski definition) is 1. The Bertz CT molecular complexity index is 856. The number of aromatic nitrogens is 1. The van der Waals surface area contributed by atoms with Crippen LogP contribution in [0.15, 0.2) is 48.8 Å². The molecule has 0 radical (unpaired) electrons. The van der Waals surface area contributed by atoms with Gasteiger partial charge in [-0.2, -0.15) is 0 Å². The lowest BCUT2D eigenvalue weighted by atomic mass is 9.73. The highest BCUT2D eigenvalue weighted by Crippen LogP contribution is 2.43. The molecule has 0 bridgehead atoms. The van der Waals surface area contributed by atoms with E-state index < -0.39 is 0 Å². The molecule has 2 aliphatic heterocycles. The lowest BCUT2D eigenvalue weighted by Gasteiger charge is -2.58. The number of hydrogen-bond acceptors (Lipinski definition) is 5. The Morgan fingerprint density at radius 1 is 1.25 bits per heavy atom. The zero-order chi connectivity index (χ0) is 19.7. The smallest absolute Gasteiger partial charge is 0.249 e. The molecule has 2 saturated heterocycles. The summed E-state index contributed by atoms with van der Waals surface area (Å²) in [5.41, 5.74) is 3.15. The van der Waals surface area contributed by atoms with Gasteiger partial charge in [-0.25, -0.2) is 0 Å². The summed E-state index contributed by atoms with van der Waals surface area (Å²) in [6, 6.07) is 11.7. The number of aliphatic hydroxyl groups excluding tert-OH is 1. The first-order valence-corrected chi connectivity index (χ1v) is 9.33. The van der Waals surface area contributed by atoms with E-state index in [2.05, 4.69) is 4.98 Å². The van der Waals surface area contributed by atoms with Crippen LogP contribution in [0.3, 0.4) is 0 Å². The quantitative estimate of drug-likeness (QED) is 0.832. The van der Waals surface area contributed by atoms with Crippen molar-refractivity contribution in [2.45, 2.75) is 18.0 Å². The molecular formula is C21H23N3O4. The Labute approximate surface area is 163 Å². The van der Waals surface area contributed by atoms with E-state index in [1.54, 1.807) is 16.0 Å². The van der Waals surface area contributed by atoms with Gasteiger partial charge in [0, 0.05) is 32.0 Å². The van der Waals surface area contributed by atoms with Crippen LogP contribution in [0.4, 0.5) is 0 Å². The van der Waals surface area contributed by atoms with Crippen molar-refractivity contribution in [1.29, 1.82) is 0 Å². The van der Waals surface area contributed by atoms with Gasteiger partial charge in [-0.1, -0.05) is 30.3 Å². The van der Waals surface area contributed by atoms with E-state index in [1.165, 1.54) is 7.11 Å². The highest BCUT2D eigenvalue weighted by Gasteiger charge is 2.54. The first-order valence-electron chi connectivity index (χ1n) is 9.33. The maximum atomic E-state index is 12.5. The van der Waals surface area contributed by atoms with Gasteiger partial charge < -0.3 is 19.6 Å². The van der Waals surface area contributed by atoms with Crippen molar-refractivity contribution >= 4 is 11.8 Å². The zero-order valence-corrected chi connectivity index (χ0v) is 15.7. The van der Waals surface area contributed by atoms with E-state index in [0.717, 1.165) is 16.7 Å². The van der Waals surface area contributed by atoms with Crippen molar-refractivity contribution in [1.82, 2.24) is 14.8 Å². The Balaban J connectivity index is 1.56. The fourth-order valence-electron chi connectivity index (χ4n) is 4.34. The number of piperazine rings is 1. The number of pyridine rings is 1. The molecule has 2 fully saturated rings. The van der Waals surface area contributed by atoms with Gasteiger partial charge in [-0.3, -0.25) is 14.6 Å². The molecule has 2 aliphatic rings. The molecular weight excluding hydrogens is 358 g/mol. The van der Waals surface area contributed by atoms with Crippen molar-refractivity contribution in [3.63, 3.8) is 0 Å². The summed E-state index contributed by atoms with van der Waals surface area (Å²) in [5.74, 6) is -0.313. The molecule has 3 heterocycles. The van der Waals surface area contributed by atoms with Crippen molar-refractivity contribution in [2.24, 2.45) is 0 Å². The van der Waals surface area contributed by atoms with Crippen LogP contribution in [0.25, 0.3) is 11.1 Å². The summed E-state index contributed by atoms with van der Waals surface area (Å²) in [6.45, 7) is 0.374. The summed E-state index contributed by atoms with van der Waals surface area (Å²) < 4.78 is 4.92. The first-order chi connectivity index (χ1) is 13.6. The van der Waals surface area contributed by atoms with Crippen molar-refractivity contribution in [3.8, 4) is 11.1 Å². The van der Waals surface area contributed by atoms with E-state index in [4.69, 9.17) is 4.74 Å². The Kier molecular flexibility index (Phi) is 5.11. The molecule has 1 N–H and O–H groups in total. The number of rotatable bonds is 5. The molecule has 0 saturated carbocycles. The van der Waals surface area contributed by atoms with Crippen LogP contribution in [0.1, 0.15) is 11.5 Å². The van der Waals surface area contributed by atoms with Gasteiger partial charge in [-0.05, 0) is 22.8 Å².